The molecule has 3 nitrogen and oxygen atoms in total. The molecule has 0 spiro atoms. The number of nitrogens with one attached hydrogen (secondary N) is 1. The fourth-order valence-electron chi connectivity index (χ4n) is 3.95. The average Bonchev–Trinajstić information content (AvgIpc) is 2.58. The second-order valence-corrected chi connectivity index (χ2v) is 6.36. The van der Waals surface area contributed by atoms with Crippen molar-refractivity contribution in [3.05, 3.63) is 35.4 Å². The van der Waals surface area contributed by atoms with Crippen LogP contribution in [0.25, 0.3) is 0 Å². The van der Waals surface area contributed by atoms with Gasteiger partial charge < -0.3 is 5.32 Å². The van der Waals surface area contributed by atoms with Gasteiger partial charge in [-0.25, -0.2) is 0 Å². The lowest BCUT2D eigenvalue weighted by molar-refractivity contribution is 0.103. The summed E-state index contributed by atoms with van der Waals surface area (Å²) in [6.45, 7) is 4.47. The van der Waals surface area contributed by atoms with Crippen LogP contribution < -0.4 is 5.32 Å². The number of nitrogens with zero attached hydrogens (tertiary/aromatic N) is 2. The van der Waals surface area contributed by atoms with Crippen molar-refractivity contribution in [2.45, 2.75) is 38.1 Å². The van der Waals surface area contributed by atoms with Crippen molar-refractivity contribution < 1.29 is 0 Å². The molecule has 1 saturated carbocycles. The van der Waals surface area contributed by atoms with Gasteiger partial charge in [0.1, 0.15) is 0 Å². The van der Waals surface area contributed by atoms with Crippen LogP contribution in [-0.4, -0.2) is 31.1 Å². The molecule has 2 fully saturated rings. The molecule has 0 unspecified atom stereocenters. The van der Waals surface area contributed by atoms with Crippen molar-refractivity contribution in [3.63, 3.8) is 0 Å². The molecule has 21 heavy (non-hydrogen) atoms. The third kappa shape index (κ3) is 3.45. The van der Waals surface area contributed by atoms with E-state index in [4.69, 9.17) is 5.26 Å². The van der Waals surface area contributed by atoms with Crippen molar-refractivity contribution in [2.24, 2.45) is 5.92 Å². The Labute approximate surface area is 128 Å². The Bertz CT molecular complexity index is 458. The Kier molecular flexibility index (Phi) is 4.90. The van der Waals surface area contributed by atoms with E-state index in [-0.39, 0.29) is 0 Å². The van der Waals surface area contributed by atoms with Crippen molar-refractivity contribution in [2.75, 3.05) is 26.2 Å². The molecule has 112 valence electrons. The van der Waals surface area contributed by atoms with Crippen LogP contribution in [0.15, 0.2) is 24.3 Å². The molecule has 1 aliphatic carbocycles. The summed E-state index contributed by atoms with van der Waals surface area (Å²) in [7, 11) is 0. The zero-order chi connectivity index (χ0) is 14.5. The highest BCUT2D eigenvalue weighted by Crippen LogP contribution is 2.38. The molecule has 3 rings (SSSR count). The van der Waals surface area contributed by atoms with Crippen LogP contribution in [0.4, 0.5) is 0 Å². The molecule has 0 amide bonds. The Morgan fingerprint density at radius 2 is 1.71 bits per heavy atom. The van der Waals surface area contributed by atoms with E-state index in [1.54, 1.807) is 0 Å². The average molecular weight is 283 g/mol. The zero-order valence-electron chi connectivity index (χ0n) is 12.7. The van der Waals surface area contributed by atoms with E-state index in [9.17, 15) is 0 Å². The molecule has 1 atom stereocenters. The number of hydrogen-bond acceptors (Lipinski definition) is 3. The van der Waals surface area contributed by atoms with Crippen molar-refractivity contribution in [1.29, 1.82) is 5.26 Å². The quantitative estimate of drug-likeness (QED) is 0.926. The first kappa shape index (κ1) is 14.6. The molecular weight excluding hydrogens is 258 g/mol. The molecule has 1 aliphatic heterocycles. The SMILES string of the molecule is N#Cc1ccc([C@@H](C2CCCCC2)N2CCNCC2)cc1. The minimum absolute atomic E-state index is 0.542. The monoisotopic (exact) mass is 283 g/mol. The molecule has 0 aromatic heterocycles. The topological polar surface area (TPSA) is 39.1 Å². The third-order valence-electron chi connectivity index (χ3n) is 5.02. The summed E-state index contributed by atoms with van der Waals surface area (Å²) < 4.78 is 0. The van der Waals surface area contributed by atoms with Gasteiger partial charge in [0.15, 0.2) is 0 Å². The van der Waals surface area contributed by atoms with Gasteiger partial charge >= 0.3 is 0 Å². The summed E-state index contributed by atoms with van der Waals surface area (Å²) in [5.74, 6) is 0.782. The number of piperazine rings is 1. The van der Waals surface area contributed by atoms with E-state index in [2.05, 4.69) is 28.4 Å². The van der Waals surface area contributed by atoms with E-state index in [0.29, 0.717) is 6.04 Å². The lowest BCUT2D eigenvalue weighted by Gasteiger charge is -2.41. The molecule has 0 bridgehead atoms. The summed E-state index contributed by atoms with van der Waals surface area (Å²) in [5.41, 5.74) is 2.17. The summed E-state index contributed by atoms with van der Waals surface area (Å²) in [6.07, 6.45) is 6.87. The molecule has 1 aromatic carbocycles. The predicted octanol–water partition coefficient (Wildman–Crippen LogP) is 3.08. The first-order chi connectivity index (χ1) is 10.4. The molecule has 1 saturated heterocycles. The highest BCUT2D eigenvalue weighted by Gasteiger charge is 2.30. The first-order valence-electron chi connectivity index (χ1n) is 8.33. The maximum atomic E-state index is 9.00. The Morgan fingerprint density at radius 3 is 2.33 bits per heavy atom. The fourth-order valence-corrected chi connectivity index (χ4v) is 3.95. The lowest BCUT2D eigenvalue weighted by Crippen LogP contribution is -2.47. The molecule has 0 radical (unpaired) electrons. The van der Waals surface area contributed by atoms with Crippen LogP contribution in [0, 0.1) is 17.2 Å². The van der Waals surface area contributed by atoms with E-state index in [0.717, 1.165) is 37.7 Å². The third-order valence-corrected chi connectivity index (χ3v) is 5.02. The summed E-state index contributed by atoms with van der Waals surface area (Å²) in [5, 5.41) is 12.5. The van der Waals surface area contributed by atoms with Crippen LogP contribution in [0.1, 0.15) is 49.3 Å². The van der Waals surface area contributed by atoms with Crippen LogP contribution in [0.3, 0.4) is 0 Å². The smallest absolute Gasteiger partial charge is 0.0991 e. The zero-order valence-corrected chi connectivity index (χ0v) is 12.7. The van der Waals surface area contributed by atoms with Crippen LogP contribution >= 0.6 is 0 Å². The lowest BCUT2D eigenvalue weighted by atomic mass is 9.80. The van der Waals surface area contributed by atoms with Gasteiger partial charge in [-0.05, 0) is 36.5 Å². The molecule has 1 heterocycles. The van der Waals surface area contributed by atoms with E-state index < -0.39 is 0 Å². The van der Waals surface area contributed by atoms with E-state index in [1.807, 2.05) is 12.1 Å². The minimum atomic E-state index is 0.542. The van der Waals surface area contributed by atoms with Crippen molar-refractivity contribution in [1.82, 2.24) is 10.2 Å². The van der Waals surface area contributed by atoms with E-state index >= 15 is 0 Å². The van der Waals surface area contributed by atoms with Gasteiger partial charge in [-0.2, -0.15) is 5.26 Å². The molecule has 3 heteroatoms. The van der Waals surface area contributed by atoms with Crippen molar-refractivity contribution in [3.8, 4) is 6.07 Å². The second-order valence-electron chi connectivity index (χ2n) is 6.36. The summed E-state index contributed by atoms with van der Waals surface area (Å²) >= 11 is 0. The Hall–Kier alpha value is -1.37. The largest absolute Gasteiger partial charge is 0.314 e. The highest BCUT2D eigenvalue weighted by molar-refractivity contribution is 5.33. The number of benzene rings is 1. The Balaban J connectivity index is 1.84. The van der Waals surface area contributed by atoms with Gasteiger partial charge in [0.05, 0.1) is 11.6 Å². The van der Waals surface area contributed by atoms with E-state index in [1.165, 1.54) is 37.7 Å². The molecule has 1 aromatic rings. The summed E-state index contributed by atoms with van der Waals surface area (Å²) in [6, 6.07) is 11.1. The predicted molar refractivity (Wildman–Crippen MR) is 84.9 cm³/mol. The number of hydrogen-bond donors (Lipinski definition) is 1. The summed E-state index contributed by atoms with van der Waals surface area (Å²) in [4.78, 5) is 2.66. The van der Waals surface area contributed by atoms with Gasteiger partial charge in [0.2, 0.25) is 0 Å². The maximum Gasteiger partial charge on any atom is 0.0991 e. The number of nitriles is 1. The van der Waals surface area contributed by atoms with Gasteiger partial charge in [0, 0.05) is 32.2 Å². The van der Waals surface area contributed by atoms with Crippen LogP contribution in [0.5, 0.6) is 0 Å². The van der Waals surface area contributed by atoms with Crippen molar-refractivity contribution >= 4 is 0 Å². The molecular formula is C18H25N3. The second kappa shape index (κ2) is 7.06. The number of rotatable bonds is 3. The molecule has 2 aliphatic rings. The minimum Gasteiger partial charge on any atom is -0.314 e. The Morgan fingerprint density at radius 1 is 1.05 bits per heavy atom. The van der Waals surface area contributed by atoms with Gasteiger partial charge in [-0.15, -0.1) is 0 Å². The fraction of sp³-hybridized carbons (Fsp3) is 0.611. The van der Waals surface area contributed by atoms with Crippen LogP contribution in [-0.2, 0) is 0 Å². The maximum absolute atomic E-state index is 9.00. The van der Waals surface area contributed by atoms with Gasteiger partial charge in [-0.3, -0.25) is 4.90 Å². The first-order valence-corrected chi connectivity index (χ1v) is 8.33. The van der Waals surface area contributed by atoms with Crippen LogP contribution in [0.2, 0.25) is 0 Å². The van der Waals surface area contributed by atoms with Gasteiger partial charge in [-0.1, -0.05) is 31.4 Å². The highest BCUT2D eigenvalue weighted by atomic mass is 15.2. The molecule has 1 N–H and O–H groups in total. The van der Waals surface area contributed by atoms with Gasteiger partial charge in [0.25, 0.3) is 0 Å². The standard InChI is InChI=1S/C18H25N3/c19-14-15-6-8-17(9-7-15)18(16-4-2-1-3-5-16)21-12-10-20-11-13-21/h6-9,16,18,20H,1-5,10-13H2/t18-/m1/s1. The normalized spacial score (nSPS) is 22.6.